The molecule has 0 unspecified atom stereocenters. The van der Waals surface area contributed by atoms with Gasteiger partial charge in [-0.3, -0.25) is 9.78 Å². The van der Waals surface area contributed by atoms with E-state index in [1.807, 2.05) is 30.3 Å². The Kier molecular flexibility index (Phi) is 3.67. The number of aromatic hydroxyl groups is 1. The third kappa shape index (κ3) is 2.66. The van der Waals surface area contributed by atoms with Gasteiger partial charge in [0.2, 0.25) is 5.88 Å². The average molecular weight is 254 g/mol. The van der Waals surface area contributed by atoms with E-state index in [2.05, 4.69) is 11.9 Å². The van der Waals surface area contributed by atoms with Crippen LogP contribution < -0.4 is 5.56 Å². The largest absolute Gasteiger partial charge is 0.494 e. The Labute approximate surface area is 111 Å². The molecule has 19 heavy (non-hydrogen) atoms. The van der Waals surface area contributed by atoms with E-state index in [9.17, 15) is 9.90 Å². The number of hydrogen-bond acceptors (Lipinski definition) is 3. The predicted molar refractivity (Wildman–Crippen MR) is 72.9 cm³/mol. The van der Waals surface area contributed by atoms with E-state index in [4.69, 9.17) is 5.26 Å². The number of rotatable bonds is 3. The maximum atomic E-state index is 11.4. The molecule has 2 N–H and O–H groups in total. The van der Waals surface area contributed by atoms with Gasteiger partial charge in [-0.2, -0.15) is 5.26 Å². The zero-order valence-electron chi connectivity index (χ0n) is 10.6. The maximum absolute atomic E-state index is 11.4. The molecule has 4 heteroatoms. The fourth-order valence-electron chi connectivity index (χ4n) is 2.03. The highest BCUT2D eigenvalue weighted by molar-refractivity contribution is 5.72. The zero-order valence-corrected chi connectivity index (χ0v) is 10.6. The lowest BCUT2D eigenvalue weighted by atomic mass is 9.99. The smallest absolute Gasteiger partial charge is 0.251 e. The Morgan fingerprint density at radius 3 is 2.58 bits per heavy atom. The summed E-state index contributed by atoms with van der Waals surface area (Å²) in [6, 6.07) is 10.9. The number of hydrogen-bond donors (Lipinski definition) is 2. The molecule has 0 radical (unpaired) electrons. The molecule has 0 aliphatic carbocycles. The van der Waals surface area contributed by atoms with Gasteiger partial charge in [0.25, 0.3) is 5.56 Å². The summed E-state index contributed by atoms with van der Waals surface area (Å²) < 4.78 is 0. The third-order valence-electron chi connectivity index (χ3n) is 2.94. The second kappa shape index (κ2) is 5.40. The second-order valence-electron chi connectivity index (χ2n) is 4.33. The summed E-state index contributed by atoms with van der Waals surface area (Å²) in [5.74, 6) is -0.386. The predicted octanol–water partition coefficient (Wildman–Crippen LogP) is 2.57. The van der Waals surface area contributed by atoms with Gasteiger partial charge in [-0.05, 0) is 17.5 Å². The van der Waals surface area contributed by atoms with Crippen molar-refractivity contribution >= 4 is 0 Å². The highest BCUT2D eigenvalue weighted by Crippen LogP contribution is 2.26. The Hall–Kier alpha value is -2.54. The topological polar surface area (TPSA) is 76.9 Å². The molecule has 0 aliphatic heterocycles. The van der Waals surface area contributed by atoms with Crippen molar-refractivity contribution in [1.29, 1.82) is 5.26 Å². The van der Waals surface area contributed by atoms with Gasteiger partial charge in [0, 0.05) is 11.6 Å². The third-order valence-corrected chi connectivity index (χ3v) is 2.94. The maximum Gasteiger partial charge on any atom is 0.251 e. The number of aromatic amines is 1. The molecule has 96 valence electrons. The van der Waals surface area contributed by atoms with E-state index in [0.29, 0.717) is 5.56 Å². The second-order valence-corrected chi connectivity index (χ2v) is 4.33. The molecule has 0 saturated heterocycles. The molecule has 0 bridgehead atoms. The van der Waals surface area contributed by atoms with Crippen molar-refractivity contribution in [2.75, 3.05) is 0 Å². The number of pyridine rings is 1. The standard InChI is InChI=1S/C15H14N2O2/c1-2-3-10-4-6-11(7-5-10)12-8-14(18)17-15(19)13(12)9-16/h4-8H,2-3H2,1H3,(H2,17,18,19). The average Bonchev–Trinajstić information content (AvgIpc) is 2.39. The van der Waals surface area contributed by atoms with Crippen LogP contribution >= 0.6 is 0 Å². The van der Waals surface area contributed by atoms with Crippen LogP contribution in [0.15, 0.2) is 35.1 Å². The molecular weight excluding hydrogens is 240 g/mol. The summed E-state index contributed by atoms with van der Waals surface area (Å²) in [6.45, 7) is 2.11. The van der Waals surface area contributed by atoms with Gasteiger partial charge in [-0.25, -0.2) is 0 Å². The first-order valence-electron chi connectivity index (χ1n) is 6.11. The lowest BCUT2D eigenvalue weighted by molar-refractivity contribution is 0.450. The van der Waals surface area contributed by atoms with Gasteiger partial charge < -0.3 is 5.11 Å². The summed E-state index contributed by atoms with van der Waals surface area (Å²) in [4.78, 5) is 13.6. The quantitative estimate of drug-likeness (QED) is 0.883. The molecule has 0 saturated carbocycles. The zero-order chi connectivity index (χ0) is 13.8. The van der Waals surface area contributed by atoms with Crippen molar-refractivity contribution in [2.24, 2.45) is 0 Å². The van der Waals surface area contributed by atoms with Crippen LogP contribution in [0.1, 0.15) is 24.5 Å². The van der Waals surface area contributed by atoms with Crippen molar-refractivity contribution in [3.63, 3.8) is 0 Å². The minimum Gasteiger partial charge on any atom is -0.494 e. The lowest BCUT2D eigenvalue weighted by Gasteiger charge is -2.06. The van der Waals surface area contributed by atoms with E-state index in [1.165, 1.54) is 11.6 Å². The van der Waals surface area contributed by atoms with Crippen LogP contribution in [-0.4, -0.2) is 10.1 Å². The molecule has 2 rings (SSSR count). The van der Waals surface area contributed by atoms with Crippen molar-refractivity contribution in [3.8, 4) is 23.1 Å². The van der Waals surface area contributed by atoms with Gasteiger partial charge >= 0.3 is 0 Å². The van der Waals surface area contributed by atoms with E-state index >= 15 is 0 Å². The van der Waals surface area contributed by atoms with Crippen molar-refractivity contribution < 1.29 is 5.11 Å². The molecule has 0 aliphatic rings. The van der Waals surface area contributed by atoms with Crippen molar-refractivity contribution in [1.82, 2.24) is 4.98 Å². The molecule has 2 aromatic rings. The van der Waals surface area contributed by atoms with Crippen LogP contribution in [0.25, 0.3) is 11.1 Å². The number of nitrogens with zero attached hydrogens (tertiary/aromatic N) is 1. The van der Waals surface area contributed by atoms with Crippen LogP contribution in [-0.2, 0) is 6.42 Å². The van der Waals surface area contributed by atoms with Crippen molar-refractivity contribution in [2.45, 2.75) is 19.8 Å². The normalized spacial score (nSPS) is 10.1. The minimum atomic E-state index is -0.427. The molecule has 1 heterocycles. The van der Waals surface area contributed by atoms with E-state index in [0.717, 1.165) is 18.4 Å². The fourth-order valence-corrected chi connectivity index (χ4v) is 2.03. The van der Waals surface area contributed by atoms with Gasteiger partial charge in [0.15, 0.2) is 0 Å². The number of aryl methyl sites for hydroxylation is 1. The van der Waals surface area contributed by atoms with Crippen LogP contribution in [0.5, 0.6) is 5.88 Å². The van der Waals surface area contributed by atoms with E-state index < -0.39 is 5.56 Å². The number of H-pyrrole nitrogens is 1. The SMILES string of the molecule is CCCc1ccc(-c2cc(=O)[nH]c(O)c2C#N)cc1. The van der Waals surface area contributed by atoms with Gasteiger partial charge in [0.05, 0.1) is 0 Å². The first-order chi connectivity index (χ1) is 9.15. The lowest BCUT2D eigenvalue weighted by Crippen LogP contribution is -2.06. The Morgan fingerprint density at radius 2 is 2.00 bits per heavy atom. The first kappa shape index (κ1) is 12.9. The summed E-state index contributed by atoms with van der Waals surface area (Å²) in [7, 11) is 0. The molecule has 0 spiro atoms. The molecule has 1 aromatic carbocycles. The summed E-state index contributed by atoms with van der Waals surface area (Å²) in [5, 5.41) is 18.7. The minimum absolute atomic E-state index is 0.0860. The van der Waals surface area contributed by atoms with Crippen molar-refractivity contribution in [3.05, 3.63) is 51.8 Å². The Morgan fingerprint density at radius 1 is 1.32 bits per heavy atom. The van der Waals surface area contributed by atoms with Crippen LogP contribution in [0.3, 0.4) is 0 Å². The van der Waals surface area contributed by atoms with Gasteiger partial charge in [-0.15, -0.1) is 0 Å². The highest BCUT2D eigenvalue weighted by Gasteiger charge is 2.11. The van der Waals surface area contributed by atoms with E-state index in [1.54, 1.807) is 0 Å². The number of nitrogens with one attached hydrogen (secondary N) is 1. The van der Waals surface area contributed by atoms with Crippen LogP contribution in [0, 0.1) is 11.3 Å². The molecule has 0 atom stereocenters. The number of nitriles is 1. The molecule has 0 amide bonds. The van der Waals surface area contributed by atoms with Crippen LogP contribution in [0.2, 0.25) is 0 Å². The summed E-state index contributed by atoms with van der Waals surface area (Å²) >= 11 is 0. The monoisotopic (exact) mass is 254 g/mol. The Bertz CT molecular complexity index is 679. The fraction of sp³-hybridized carbons (Fsp3) is 0.200. The molecule has 4 nitrogen and oxygen atoms in total. The summed E-state index contributed by atoms with van der Waals surface area (Å²) in [6.07, 6.45) is 2.06. The molecule has 0 fully saturated rings. The highest BCUT2D eigenvalue weighted by atomic mass is 16.3. The molecular formula is C15H14N2O2. The van der Waals surface area contributed by atoms with Gasteiger partial charge in [-0.1, -0.05) is 37.6 Å². The summed E-state index contributed by atoms with van der Waals surface area (Å²) in [5.41, 5.74) is 2.07. The molecule has 1 aromatic heterocycles. The Balaban J connectivity index is 2.53. The van der Waals surface area contributed by atoms with Gasteiger partial charge in [0.1, 0.15) is 11.6 Å². The number of benzene rings is 1. The first-order valence-corrected chi connectivity index (χ1v) is 6.11. The van der Waals surface area contributed by atoms with E-state index in [-0.39, 0.29) is 11.4 Å². The number of aromatic nitrogens is 1. The van der Waals surface area contributed by atoms with Crippen LogP contribution in [0.4, 0.5) is 0 Å².